The van der Waals surface area contributed by atoms with Gasteiger partial charge in [-0.1, -0.05) is 24.3 Å². The number of benzene rings is 1. The Hall–Kier alpha value is -2.10. The van der Waals surface area contributed by atoms with Crippen molar-refractivity contribution in [1.82, 2.24) is 0 Å². The summed E-state index contributed by atoms with van der Waals surface area (Å²) in [5.74, 6) is -0.260. The molecule has 0 spiro atoms. The summed E-state index contributed by atoms with van der Waals surface area (Å²) < 4.78 is 0. The number of carbonyl (C=O) groups excluding carboxylic acids is 4. The average molecular weight is 246 g/mol. The summed E-state index contributed by atoms with van der Waals surface area (Å²) in [6.07, 6.45) is 1.49. The Balaban J connectivity index is 2.57. The highest BCUT2D eigenvalue weighted by Crippen LogP contribution is 2.07. The van der Waals surface area contributed by atoms with E-state index in [1.807, 2.05) is 0 Å². The number of carbonyl (C=O) groups is 4. The van der Waals surface area contributed by atoms with Gasteiger partial charge in [0.05, 0.1) is 12.8 Å². The van der Waals surface area contributed by atoms with Crippen molar-refractivity contribution in [3.63, 3.8) is 0 Å². The van der Waals surface area contributed by atoms with Crippen LogP contribution >= 0.6 is 0 Å². The van der Waals surface area contributed by atoms with Crippen molar-refractivity contribution in [2.45, 2.75) is 25.7 Å². The lowest BCUT2D eigenvalue weighted by Crippen LogP contribution is -2.05. The molecule has 0 aliphatic heterocycles. The molecule has 4 heteroatoms. The van der Waals surface area contributed by atoms with E-state index in [0.717, 1.165) is 11.1 Å². The minimum absolute atomic E-state index is 0.0699. The van der Waals surface area contributed by atoms with Gasteiger partial charge in [0.15, 0.2) is 0 Å². The molecule has 0 bridgehead atoms. The molecule has 18 heavy (non-hydrogen) atoms. The molecule has 1 aromatic carbocycles. The van der Waals surface area contributed by atoms with Crippen LogP contribution in [0.25, 0.3) is 0 Å². The highest BCUT2D eigenvalue weighted by atomic mass is 16.1. The number of Topliss-reactive ketones (excluding diaryl/α,β-unsaturated/α-hetero) is 2. The quantitative estimate of drug-likeness (QED) is 0.508. The fraction of sp³-hybridized carbons (Fsp3) is 0.286. The molecule has 0 unspecified atom stereocenters. The Morgan fingerprint density at radius 1 is 0.778 bits per heavy atom. The monoisotopic (exact) mass is 246 g/mol. The van der Waals surface area contributed by atoms with Crippen LogP contribution in [0.4, 0.5) is 0 Å². The molecule has 0 aliphatic rings. The molecular weight excluding hydrogens is 232 g/mol. The Bertz CT molecular complexity index is 402. The van der Waals surface area contributed by atoms with E-state index in [-0.39, 0.29) is 37.2 Å². The van der Waals surface area contributed by atoms with Gasteiger partial charge < -0.3 is 9.59 Å². The smallest absolute Gasteiger partial charge is 0.144 e. The minimum atomic E-state index is -0.130. The lowest BCUT2D eigenvalue weighted by molar-refractivity contribution is -0.123. The zero-order valence-electron chi connectivity index (χ0n) is 9.93. The van der Waals surface area contributed by atoms with Crippen LogP contribution < -0.4 is 0 Å². The van der Waals surface area contributed by atoms with Crippen molar-refractivity contribution < 1.29 is 19.2 Å². The fourth-order valence-corrected chi connectivity index (χ4v) is 1.56. The number of rotatable bonds is 8. The number of aldehydes is 2. The Morgan fingerprint density at radius 2 is 1.11 bits per heavy atom. The topological polar surface area (TPSA) is 68.3 Å². The number of hydrogen-bond donors (Lipinski definition) is 0. The van der Waals surface area contributed by atoms with Crippen LogP contribution in [0.15, 0.2) is 24.3 Å². The second-order valence-electron chi connectivity index (χ2n) is 3.99. The normalized spacial score (nSPS) is 9.78. The highest BCUT2D eigenvalue weighted by molar-refractivity contribution is 5.91. The molecule has 0 fully saturated rings. The van der Waals surface area contributed by atoms with Crippen molar-refractivity contribution in [2.75, 3.05) is 0 Å². The van der Waals surface area contributed by atoms with Crippen molar-refractivity contribution in [2.24, 2.45) is 0 Å². The second-order valence-corrected chi connectivity index (χ2v) is 3.99. The number of hydrogen-bond acceptors (Lipinski definition) is 4. The van der Waals surface area contributed by atoms with Crippen LogP contribution in [0.1, 0.15) is 24.0 Å². The molecule has 94 valence electrons. The summed E-state index contributed by atoms with van der Waals surface area (Å²) in [6, 6.07) is 7.02. The lowest BCUT2D eigenvalue weighted by Gasteiger charge is -2.02. The van der Waals surface area contributed by atoms with Crippen molar-refractivity contribution in [3.8, 4) is 0 Å². The third-order valence-corrected chi connectivity index (χ3v) is 2.45. The Labute approximate surface area is 105 Å². The maximum absolute atomic E-state index is 11.2. The zero-order valence-corrected chi connectivity index (χ0v) is 9.93. The van der Waals surface area contributed by atoms with Crippen LogP contribution in [0.3, 0.4) is 0 Å². The molecule has 0 heterocycles. The molecule has 0 aromatic heterocycles. The van der Waals surface area contributed by atoms with Gasteiger partial charge in [-0.25, -0.2) is 0 Å². The SMILES string of the molecule is O=CCC(=O)Cc1ccc(CC(=O)CC=O)cc1. The summed E-state index contributed by atoms with van der Waals surface area (Å²) in [7, 11) is 0. The fourth-order valence-electron chi connectivity index (χ4n) is 1.56. The van der Waals surface area contributed by atoms with Crippen LogP contribution in [0.5, 0.6) is 0 Å². The van der Waals surface area contributed by atoms with Crippen LogP contribution in [0, 0.1) is 0 Å². The third kappa shape index (κ3) is 4.82. The standard InChI is InChI=1S/C14H14O4/c15-7-5-13(17)9-11-1-2-12(4-3-11)10-14(18)6-8-16/h1-4,7-8H,5-6,9-10H2. The number of ketones is 2. The van der Waals surface area contributed by atoms with Gasteiger partial charge in [-0.3, -0.25) is 9.59 Å². The van der Waals surface area contributed by atoms with Crippen LogP contribution in [-0.2, 0) is 32.0 Å². The maximum Gasteiger partial charge on any atom is 0.144 e. The van der Waals surface area contributed by atoms with Gasteiger partial charge in [-0.2, -0.15) is 0 Å². The molecular formula is C14H14O4. The van der Waals surface area contributed by atoms with Gasteiger partial charge in [0.1, 0.15) is 24.1 Å². The first-order chi connectivity index (χ1) is 8.65. The van der Waals surface area contributed by atoms with Crippen LogP contribution in [-0.4, -0.2) is 24.1 Å². The molecule has 0 N–H and O–H groups in total. The first-order valence-electron chi connectivity index (χ1n) is 5.64. The van der Waals surface area contributed by atoms with Gasteiger partial charge >= 0.3 is 0 Å². The van der Waals surface area contributed by atoms with Crippen molar-refractivity contribution >= 4 is 24.1 Å². The van der Waals surface area contributed by atoms with Gasteiger partial charge in [0, 0.05) is 12.8 Å². The van der Waals surface area contributed by atoms with E-state index in [9.17, 15) is 19.2 Å². The van der Waals surface area contributed by atoms with E-state index < -0.39 is 0 Å². The molecule has 0 saturated carbocycles. The van der Waals surface area contributed by atoms with Crippen molar-refractivity contribution in [1.29, 1.82) is 0 Å². The van der Waals surface area contributed by atoms with E-state index in [1.54, 1.807) is 24.3 Å². The predicted molar refractivity (Wildman–Crippen MR) is 65.2 cm³/mol. The summed E-state index contributed by atoms with van der Waals surface area (Å²) in [5.41, 5.74) is 1.63. The minimum Gasteiger partial charge on any atom is -0.303 e. The Kier molecular flexibility index (Phi) is 5.64. The third-order valence-electron chi connectivity index (χ3n) is 2.45. The van der Waals surface area contributed by atoms with E-state index in [4.69, 9.17) is 0 Å². The molecule has 0 radical (unpaired) electrons. The summed E-state index contributed by atoms with van der Waals surface area (Å²) in [5, 5.41) is 0. The molecule has 4 nitrogen and oxygen atoms in total. The molecule has 1 rings (SSSR count). The molecule has 0 saturated heterocycles. The lowest BCUT2D eigenvalue weighted by atomic mass is 10.0. The molecule has 0 atom stereocenters. The summed E-state index contributed by atoms with van der Waals surface area (Å²) >= 11 is 0. The molecule has 1 aromatic rings. The first-order valence-corrected chi connectivity index (χ1v) is 5.64. The molecule has 0 amide bonds. The summed E-state index contributed by atoms with van der Waals surface area (Å²) in [4.78, 5) is 42.8. The van der Waals surface area contributed by atoms with Gasteiger partial charge in [-0.05, 0) is 11.1 Å². The van der Waals surface area contributed by atoms with E-state index in [2.05, 4.69) is 0 Å². The van der Waals surface area contributed by atoms with E-state index in [1.165, 1.54) is 0 Å². The predicted octanol–water partition coefficient (Wildman–Crippen LogP) is 1.09. The first kappa shape index (κ1) is 14.0. The van der Waals surface area contributed by atoms with E-state index in [0.29, 0.717) is 12.6 Å². The molecule has 0 aliphatic carbocycles. The maximum atomic E-state index is 11.2. The second kappa shape index (κ2) is 7.27. The van der Waals surface area contributed by atoms with Crippen LogP contribution in [0.2, 0.25) is 0 Å². The highest BCUT2D eigenvalue weighted by Gasteiger charge is 2.05. The van der Waals surface area contributed by atoms with Gasteiger partial charge in [-0.15, -0.1) is 0 Å². The average Bonchev–Trinajstić information content (AvgIpc) is 2.32. The summed E-state index contributed by atoms with van der Waals surface area (Å²) in [6.45, 7) is 0. The Morgan fingerprint density at radius 3 is 1.39 bits per heavy atom. The van der Waals surface area contributed by atoms with E-state index >= 15 is 0 Å². The van der Waals surface area contributed by atoms with Gasteiger partial charge in [0.25, 0.3) is 0 Å². The zero-order chi connectivity index (χ0) is 13.4. The largest absolute Gasteiger partial charge is 0.303 e. The van der Waals surface area contributed by atoms with Gasteiger partial charge in [0.2, 0.25) is 0 Å². The van der Waals surface area contributed by atoms with Crippen molar-refractivity contribution in [3.05, 3.63) is 35.4 Å².